The Balaban J connectivity index is 2.79. The minimum absolute atomic E-state index is 0.475. The highest BCUT2D eigenvalue weighted by molar-refractivity contribution is 5.75. The van der Waals surface area contributed by atoms with Gasteiger partial charge in [-0.1, -0.05) is 0 Å². The van der Waals surface area contributed by atoms with Gasteiger partial charge in [-0.2, -0.15) is 0 Å². The molecule has 0 aliphatic heterocycles. The molecule has 58 valence electrons. The summed E-state index contributed by atoms with van der Waals surface area (Å²) in [7, 11) is 0. The fraction of sp³-hybridized carbons (Fsp3) is 0.250. The fourth-order valence-electron chi connectivity index (χ4n) is 0.707. The van der Waals surface area contributed by atoms with Crippen LogP contribution in [0.4, 0.5) is 0 Å². The van der Waals surface area contributed by atoms with Crippen molar-refractivity contribution in [3.05, 3.63) is 35.3 Å². The molecule has 0 aliphatic rings. The quantitative estimate of drug-likeness (QED) is 0.273. The second-order valence-corrected chi connectivity index (χ2v) is 2.14. The van der Waals surface area contributed by atoms with Gasteiger partial charge in [0, 0.05) is 18.0 Å². The van der Waals surface area contributed by atoms with Crippen LogP contribution in [0, 0.1) is 5.21 Å². The number of hydrogen-bond acceptors (Lipinski definition) is 2. The maximum atomic E-state index is 10.8. The first-order valence-corrected chi connectivity index (χ1v) is 3.51. The molecule has 0 aliphatic carbocycles. The number of nitrogens with zero attached hydrogens (tertiary/aromatic N) is 2. The Morgan fingerprint density at radius 1 is 1.55 bits per heavy atom. The Labute approximate surface area is 65.6 Å². The van der Waals surface area contributed by atoms with Crippen molar-refractivity contribution in [2.75, 3.05) is 6.54 Å². The molecule has 0 fully saturated rings. The van der Waals surface area contributed by atoms with E-state index >= 15 is 0 Å². The summed E-state index contributed by atoms with van der Waals surface area (Å²) in [5.74, 6) is 0. The average Bonchev–Trinajstić information content (AvgIpc) is 2.06. The van der Waals surface area contributed by atoms with Crippen molar-refractivity contribution in [3.63, 3.8) is 0 Å². The van der Waals surface area contributed by atoms with Crippen LogP contribution in [-0.4, -0.2) is 22.5 Å². The largest absolute Gasteiger partial charge is 0.624 e. The molecule has 0 atom stereocenters. The third kappa shape index (κ3) is 2.37. The zero-order chi connectivity index (χ0) is 8.10. The second-order valence-electron chi connectivity index (χ2n) is 2.14. The molecule has 0 saturated heterocycles. The van der Waals surface area contributed by atoms with E-state index in [1.807, 2.05) is 6.92 Å². The molecule has 3 nitrogen and oxygen atoms in total. The highest BCUT2D eigenvalue weighted by atomic mass is 16.5. The smallest absolute Gasteiger partial charge is 0.181 e. The Morgan fingerprint density at radius 2 is 2.18 bits per heavy atom. The molecule has 0 unspecified atom stereocenters. The van der Waals surface area contributed by atoms with Crippen molar-refractivity contribution in [1.29, 1.82) is 0 Å². The van der Waals surface area contributed by atoms with Gasteiger partial charge >= 0.3 is 0 Å². The van der Waals surface area contributed by atoms with Crippen molar-refractivity contribution in [1.82, 2.24) is 4.98 Å². The van der Waals surface area contributed by atoms with Gasteiger partial charge in [0.1, 0.15) is 0 Å². The number of rotatable bonds is 2. The molecule has 0 bridgehead atoms. The minimum Gasteiger partial charge on any atom is -0.624 e. The van der Waals surface area contributed by atoms with Gasteiger partial charge in [-0.05, 0) is 19.1 Å². The van der Waals surface area contributed by atoms with Gasteiger partial charge < -0.3 is 5.21 Å². The van der Waals surface area contributed by atoms with E-state index in [9.17, 15) is 5.21 Å². The van der Waals surface area contributed by atoms with Crippen molar-refractivity contribution in [3.8, 4) is 0 Å². The van der Waals surface area contributed by atoms with Crippen LogP contribution < -0.4 is 0 Å². The van der Waals surface area contributed by atoms with E-state index in [2.05, 4.69) is 4.98 Å². The first kappa shape index (κ1) is 7.72. The van der Waals surface area contributed by atoms with Crippen LogP contribution in [0.2, 0.25) is 0 Å². The Kier molecular flexibility index (Phi) is 2.60. The van der Waals surface area contributed by atoms with Crippen molar-refractivity contribution in [2.24, 2.45) is 0 Å². The molecule has 1 aromatic heterocycles. The molecule has 1 aromatic rings. The lowest BCUT2D eigenvalue weighted by molar-refractivity contribution is -0.447. The molecule has 11 heavy (non-hydrogen) atoms. The van der Waals surface area contributed by atoms with Crippen molar-refractivity contribution >= 4 is 6.21 Å². The van der Waals surface area contributed by atoms with Crippen molar-refractivity contribution < 1.29 is 4.74 Å². The first-order valence-electron chi connectivity index (χ1n) is 3.51. The van der Waals surface area contributed by atoms with Crippen LogP contribution >= 0.6 is 0 Å². The summed E-state index contributed by atoms with van der Waals surface area (Å²) in [6.45, 7) is 2.28. The maximum absolute atomic E-state index is 10.8. The predicted octanol–water partition coefficient (Wildman–Crippen LogP) is 1.03. The lowest BCUT2D eigenvalue weighted by Gasteiger charge is -1.98. The van der Waals surface area contributed by atoms with E-state index in [0.29, 0.717) is 6.54 Å². The van der Waals surface area contributed by atoms with E-state index in [-0.39, 0.29) is 0 Å². The van der Waals surface area contributed by atoms with Gasteiger partial charge in [0.05, 0.1) is 0 Å². The number of hydrogen-bond donors (Lipinski definition) is 0. The van der Waals surface area contributed by atoms with Crippen LogP contribution in [-0.2, 0) is 0 Å². The molecular weight excluding hydrogens is 140 g/mol. The van der Waals surface area contributed by atoms with Crippen LogP contribution in [0.1, 0.15) is 12.5 Å². The van der Waals surface area contributed by atoms with Gasteiger partial charge in [-0.25, -0.2) is 4.74 Å². The molecule has 3 heteroatoms. The van der Waals surface area contributed by atoms with Crippen LogP contribution in [0.15, 0.2) is 24.5 Å². The number of pyridine rings is 1. The molecule has 0 radical (unpaired) electrons. The third-order valence-electron chi connectivity index (χ3n) is 1.31. The topological polar surface area (TPSA) is 39.0 Å². The molecule has 0 amide bonds. The molecule has 0 aromatic carbocycles. The second kappa shape index (κ2) is 3.71. The van der Waals surface area contributed by atoms with E-state index in [1.54, 1.807) is 30.7 Å². The van der Waals surface area contributed by atoms with Gasteiger partial charge in [0.15, 0.2) is 12.8 Å². The SMILES string of the molecule is CC/[N+]([O-])=C\c1ccncc1. The first-order chi connectivity index (χ1) is 5.33. The zero-order valence-electron chi connectivity index (χ0n) is 6.40. The lowest BCUT2D eigenvalue weighted by atomic mass is 10.3. The molecule has 0 N–H and O–H groups in total. The van der Waals surface area contributed by atoms with Gasteiger partial charge in [-0.3, -0.25) is 4.98 Å². The maximum Gasteiger partial charge on any atom is 0.181 e. The highest BCUT2D eigenvalue weighted by Crippen LogP contribution is 1.90. The van der Waals surface area contributed by atoms with Crippen molar-refractivity contribution in [2.45, 2.75) is 6.92 Å². The van der Waals surface area contributed by atoms with Gasteiger partial charge in [-0.15, -0.1) is 0 Å². The lowest BCUT2D eigenvalue weighted by Crippen LogP contribution is -2.03. The Bertz CT molecular complexity index is 244. The van der Waals surface area contributed by atoms with Gasteiger partial charge in [0.2, 0.25) is 0 Å². The fourth-order valence-corrected chi connectivity index (χ4v) is 0.707. The number of aromatic nitrogens is 1. The third-order valence-corrected chi connectivity index (χ3v) is 1.31. The summed E-state index contributed by atoms with van der Waals surface area (Å²) in [5, 5.41) is 10.8. The molecule has 1 rings (SSSR count). The normalized spacial score (nSPS) is 11.5. The van der Waals surface area contributed by atoms with E-state index in [4.69, 9.17) is 0 Å². The van der Waals surface area contributed by atoms with Crippen LogP contribution in [0.3, 0.4) is 0 Å². The Hall–Kier alpha value is -1.38. The summed E-state index contributed by atoms with van der Waals surface area (Å²) in [5.41, 5.74) is 0.886. The standard InChI is InChI=1S/C8H10N2O/c1-2-10(11)7-8-3-5-9-6-4-8/h3-7H,2H2,1H3/b10-7+. The van der Waals surface area contributed by atoms with Crippen LogP contribution in [0.25, 0.3) is 0 Å². The van der Waals surface area contributed by atoms with Gasteiger partial charge in [0.25, 0.3) is 0 Å². The average molecular weight is 150 g/mol. The summed E-state index contributed by atoms with van der Waals surface area (Å²) in [4.78, 5) is 3.84. The van der Waals surface area contributed by atoms with Crippen LogP contribution in [0.5, 0.6) is 0 Å². The van der Waals surface area contributed by atoms with E-state index in [1.165, 1.54) is 0 Å². The highest BCUT2D eigenvalue weighted by Gasteiger charge is 1.89. The number of hydroxylamine groups is 1. The summed E-state index contributed by atoms with van der Waals surface area (Å²) in [6.07, 6.45) is 4.87. The summed E-state index contributed by atoms with van der Waals surface area (Å²) >= 11 is 0. The zero-order valence-corrected chi connectivity index (χ0v) is 6.40. The molecule has 0 spiro atoms. The molecular formula is C8H10N2O. The van der Waals surface area contributed by atoms with E-state index in [0.717, 1.165) is 10.3 Å². The molecule has 0 saturated carbocycles. The monoisotopic (exact) mass is 150 g/mol. The molecule has 1 heterocycles. The summed E-state index contributed by atoms with van der Waals surface area (Å²) < 4.78 is 0.884. The van der Waals surface area contributed by atoms with E-state index < -0.39 is 0 Å². The summed E-state index contributed by atoms with van der Waals surface area (Å²) in [6, 6.07) is 3.58. The Morgan fingerprint density at radius 3 is 2.73 bits per heavy atom. The minimum atomic E-state index is 0.475. The predicted molar refractivity (Wildman–Crippen MR) is 43.6 cm³/mol.